The van der Waals surface area contributed by atoms with Gasteiger partial charge in [-0.1, -0.05) is 6.92 Å². The number of hydrogen-bond donors (Lipinski definition) is 1. The van der Waals surface area contributed by atoms with E-state index >= 15 is 0 Å². The van der Waals surface area contributed by atoms with Crippen LogP contribution in [0.3, 0.4) is 0 Å². The van der Waals surface area contributed by atoms with Crippen LogP contribution in [0.2, 0.25) is 0 Å². The van der Waals surface area contributed by atoms with Gasteiger partial charge in [-0.25, -0.2) is 0 Å². The Kier molecular flexibility index (Phi) is 3.37. The van der Waals surface area contributed by atoms with Crippen LogP contribution in [0.1, 0.15) is 23.8 Å². The maximum atomic E-state index is 12.0. The number of amides is 1. The van der Waals surface area contributed by atoms with Gasteiger partial charge >= 0.3 is 5.97 Å². The second-order valence-corrected chi connectivity index (χ2v) is 4.94. The van der Waals surface area contributed by atoms with Crippen molar-refractivity contribution in [2.24, 2.45) is 11.8 Å². The molecule has 17 heavy (non-hydrogen) atoms. The molecule has 7 heteroatoms. The van der Waals surface area contributed by atoms with Crippen molar-refractivity contribution in [3.05, 3.63) is 11.9 Å². The van der Waals surface area contributed by atoms with Crippen molar-refractivity contribution in [2.45, 2.75) is 13.3 Å². The molecule has 92 valence electrons. The molecule has 1 aromatic heterocycles. The minimum Gasteiger partial charge on any atom is -0.481 e. The highest BCUT2D eigenvalue weighted by molar-refractivity contribution is 6.99. The first kappa shape index (κ1) is 12.0. The van der Waals surface area contributed by atoms with Crippen molar-refractivity contribution < 1.29 is 14.7 Å². The van der Waals surface area contributed by atoms with E-state index in [0.29, 0.717) is 18.7 Å². The highest BCUT2D eigenvalue weighted by atomic mass is 32.1. The molecule has 0 aliphatic carbocycles. The summed E-state index contributed by atoms with van der Waals surface area (Å²) in [5, 5.41) is 9.02. The molecule has 1 saturated heterocycles. The SMILES string of the molecule is CC1CC(C(=O)O)CN(C(=O)c2cnsn2)C1. The highest BCUT2D eigenvalue weighted by Crippen LogP contribution is 2.22. The Morgan fingerprint density at radius 3 is 2.88 bits per heavy atom. The van der Waals surface area contributed by atoms with Gasteiger partial charge in [0.1, 0.15) is 0 Å². The summed E-state index contributed by atoms with van der Waals surface area (Å²) in [6.45, 7) is 2.80. The molecule has 0 spiro atoms. The number of rotatable bonds is 2. The average Bonchev–Trinajstić information content (AvgIpc) is 2.80. The van der Waals surface area contributed by atoms with Crippen LogP contribution in [0.15, 0.2) is 6.20 Å². The van der Waals surface area contributed by atoms with Gasteiger partial charge in [-0.05, 0) is 12.3 Å². The normalized spacial score (nSPS) is 24.6. The number of hydrogen-bond acceptors (Lipinski definition) is 5. The van der Waals surface area contributed by atoms with Gasteiger partial charge in [-0.2, -0.15) is 8.75 Å². The van der Waals surface area contributed by atoms with E-state index in [-0.39, 0.29) is 18.4 Å². The fourth-order valence-corrected chi connectivity index (χ4v) is 2.52. The maximum absolute atomic E-state index is 12.0. The van der Waals surface area contributed by atoms with E-state index in [4.69, 9.17) is 5.11 Å². The molecule has 6 nitrogen and oxygen atoms in total. The zero-order chi connectivity index (χ0) is 12.4. The Bertz CT molecular complexity index is 420. The number of carboxylic acids is 1. The van der Waals surface area contributed by atoms with Crippen molar-refractivity contribution in [3.63, 3.8) is 0 Å². The minimum atomic E-state index is -0.842. The zero-order valence-electron chi connectivity index (χ0n) is 9.37. The first-order valence-electron chi connectivity index (χ1n) is 5.37. The largest absolute Gasteiger partial charge is 0.481 e. The Morgan fingerprint density at radius 1 is 1.53 bits per heavy atom. The summed E-state index contributed by atoms with van der Waals surface area (Å²) < 4.78 is 7.66. The van der Waals surface area contributed by atoms with E-state index in [1.807, 2.05) is 6.92 Å². The Balaban J connectivity index is 2.10. The lowest BCUT2D eigenvalue weighted by molar-refractivity contribution is -0.143. The molecular formula is C10H13N3O3S. The molecule has 0 radical (unpaired) electrons. The molecule has 1 fully saturated rings. The van der Waals surface area contributed by atoms with Gasteiger partial charge < -0.3 is 10.0 Å². The summed E-state index contributed by atoms with van der Waals surface area (Å²) in [6.07, 6.45) is 2.04. The number of carbonyl (C=O) groups excluding carboxylic acids is 1. The number of nitrogens with zero attached hydrogens (tertiary/aromatic N) is 3. The summed E-state index contributed by atoms with van der Waals surface area (Å²) in [6, 6.07) is 0. The predicted octanol–water partition coefficient (Wildman–Crippen LogP) is 0.721. The number of likely N-dealkylation sites (tertiary alicyclic amines) is 1. The van der Waals surface area contributed by atoms with E-state index in [0.717, 1.165) is 11.7 Å². The summed E-state index contributed by atoms with van der Waals surface area (Å²) in [4.78, 5) is 24.6. The third-order valence-corrected chi connectivity index (χ3v) is 3.35. The first-order chi connectivity index (χ1) is 8.08. The van der Waals surface area contributed by atoms with Crippen LogP contribution >= 0.6 is 11.7 Å². The van der Waals surface area contributed by atoms with Gasteiger partial charge in [0.25, 0.3) is 5.91 Å². The smallest absolute Gasteiger partial charge is 0.308 e. The van der Waals surface area contributed by atoms with Crippen LogP contribution in [0.25, 0.3) is 0 Å². The third-order valence-electron chi connectivity index (χ3n) is 2.88. The minimum absolute atomic E-state index is 0.195. The van der Waals surface area contributed by atoms with Crippen LogP contribution in [0.4, 0.5) is 0 Å². The zero-order valence-corrected chi connectivity index (χ0v) is 10.2. The Labute approximate surface area is 103 Å². The van der Waals surface area contributed by atoms with E-state index in [1.165, 1.54) is 6.20 Å². The van der Waals surface area contributed by atoms with Crippen LogP contribution < -0.4 is 0 Å². The van der Waals surface area contributed by atoms with E-state index in [2.05, 4.69) is 8.75 Å². The van der Waals surface area contributed by atoms with Crippen molar-refractivity contribution in [1.82, 2.24) is 13.6 Å². The quantitative estimate of drug-likeness (QED) is 0.842. The summed E-state index contributed by atoms with van der Waals surface area (Å²) in [5.74, 6) is -1.35. The Morgan fingerprint density at radius 2 is 2.29 bits per heavy atom. The lowest BCUT2D eigenvalue weighted by Crippen LogP contribution is -2.45. The molecule has 2 rings (SSSR count). The topological polar surface area (TPSA) is 83.4 Å². The number of carboxylic acid groups (broad SMARTS) is 1. The lowest BCUT2D eigenvalue weighted by atomic mass is 9.90. The summed E-state index contributed by atoms with van der Waals surface area (Å²) in [5.41, 5.74) is 0.299. The van der Waals surface area contributed by atoms with Gasteiger partial charge in [-0.15, -0.1) is 0 Å². The standard InChI is InChI=1S/C10H13N3O3S/c1-6-2-7(10(15)16)5-13(4-6)9(14)8-3-11-17-12-8/h3,6-7H,2,4-5H2,1H3,(H,15,16). The second-order valence-electron chi connectivity index (χ2n) is 4.38. The molecule has 1 N–H and O–H groups in total. The molecular weight excluding hydrogens is 242 g/mol. The van der Waals surface area contributed by atoms with Crippen LogP contribution in [-0.2, 0) is 4.79 Å². The van der Waals surface area contributed by atoms with Gasteiger partial charge in [0.05, 0.1) is 23.8 Å². The molecule has 2 atom stereocenters. The van der Waals surface area contributed by atoms with Gasteiger partial charge in [0, 0.05) is 13.1 Å². The van der Waals surface area contributed by atoms with E-state index < -0.39 is 11.9 Å². The predicted molar refractivity (Wildman–Crippen MR) is 60.7 cm³/mol. The molecule has 0 bridgehead atoms. The molecule has 1 aliphatic heterocycles. The van der Waals surface area contributed by atoms with E-state index in [1.54, 1.807) is 4.90 Å². The summed E-state index contributed by atoms with van der Waals surface area (Å²) >= 11 is 0.976. The lowest BCUT2D eigenvalue weighted by Gasteiger charge is -2.34. The molecule has 2 heterocycles. The fraction of sp³-hybridized carbons (Fsp3) is 0.600. The molecule has 2 unspecified atom stereocenters. The van der Waals surface area contributed by atoms with Crippen molar-refractivity contribution >= 4 is 23.6 Å². The number of piperidine rings is 1. The highest BCUT2D eigenvalue weighted by Gasteiger charge is 2.32. The van der Waals surface area contributed by atoms with Crippen LogP contribution in [-0.4, -0.2) is 43.7 Å². The molecule has 0 aromatic carbocycles. The number of carbonyl (C=O) groups is 2. The number of aromatic nitrogens is 2. The van der Waals surface area contributed by atoms with E-state index in [9.17, 15) is 9.59 Å². The fourth-order valence-electron chi connectivity index (χ4n) is 2.12. The van der Waals surface area contributed by atoms with Gasteiger partial charge in [0.2, 0.25) is 0 Å². The second kappa shape index (κ2) is 4.79. The number of aliphatic carboxylic acids is 1. The molecule has 0 saturated carbocycles. The van der Waals surface area contributed by atoms with Crippen LogP contribution in [0, 0.1) is 11.8 Å². The van der Waals surface area contributed by atoms with Crippen molar-refractivity contribution in [3.8, 4) is 0 Å². The van der Waals surface area contributed by atoms with Crippen molar-refractivity contribution in [1.29, 1.82) is 0 Å². The first-order valence-corrected chi connectivity index (χ1v) is 6.10. The average molecular weight is 255 g/mol. The summed E-state index contributed by atoms with van der Waals surface area (Å²) in [7, 11) is 0. The molecule has 1 aromatic rings. The third kappa shape index (κ3) is 2.60. The molecule has 1 aliphatic rings. The van der Waals surface area contributed by atoms with Gasteiger partial charge in [0.15, 0.2) is 5.69 Å². The maximum Gasteiger partial charge on any atom is 0.308 e. The van der Waals surface area contributed by atoms with Crippen LogP contribution in [0.5, 0.6) is 0 Å². The van der Waals surface area contributed by atoms with Crippen molar-refractivity contribution in [2.75, 3.05) is 13.1 Å². The van der Waals surface area contributed by atoms with Gasteiger partial charge in [-0.3, -0.25) is 9.59 Å². The molecule has 1 amide bonds. The Hall–Kier alpha value is -1.50. The monoisotopic (exact) mass is 255 g/mol.